The first-order valence-electron chi connectivity index (χ1n) is 10.5. The Morgan fingerprint density at radius 1 is 1.09 bits per heavy atom. The van der Waals surface area contributed by atoms with Gasteiger partial charge in [0.1, 0.15) is 17.6 Å². The standard InChI is InChI=1S/C25H24ClN3O5/c1-14(2)22(28-23(30)17-6-4-5-15(3)11-17)24(31)29-27-13-18-8-10-21(34-18)16-7-9-20(26)19(12-16)25(32)33/h4-14,22H,1-3H3,(H,28,30)(H,29,31)(H,32,33)/b27-13+/t22-/m1/s1. The van der Waals surface area contributed by atoms with E-state index in [-0.39, 0.29) is 22.4 Å². The Hall–Kier alpha value is -3.91. The molecule has 3 rings (SSSR count). The molecule has 1 atom stereocenters. The molecule has 34 heavy (non-hydrogen) atoms. The summed E-state index contributed by atoms with van der Waals surface area (Å²) in [5.74, 6) is -1.38. The number of nitrogens with zero attached hydrogens (tertiary/aromatic N) is 1. The predicted octanol–water partition coefficient (Wildman–Crippen LogP) is 4.51. The SMILES string of the molecule is Cc1cccc(C(=O)N[C@@H](C(=O)N/N=C/c2ccc(-c3ccc(Cl)c(C(=O)O)c3)o2)C(C)C)c1. The van der Waals surface area contributed by atoms with Gasteiger partial charge in [0.05, 0.1) is 16.8 Å². The molecule has 176 valence electrons. The van der Waals surface area contributed by atoms with Crippen LogP contribution in [-0.4, -0.2) is 35.1 Å². The monoisotopic (exact) mass is 481 g/mol. The Morgan fingerprint density at radius 3 is 2.53 bits per heavy atom. The molecule has 0 aliphatic rings. The first kappa shape index (κ1) is 24.7. The molecule has 9 heteroatoms. The van der Waals surface area contributed by atoms with Crippen LogP contribution in [0.2, 0.25) is 5.02 Å². The van der Waals surface area contributed by atoms with Crippen LogP contribution in [0, 0.1) is 12.8 Å². The van der Waals surface area contributed by atoms with Gasteiger partial charge in [0.25, 0.3) is 11.8 Å². The number of hydrazone groups is 1. The van der Waals surface area contributed by atoms with Gasteiger partial charge in [-0.05, 0) is 55.3 Å². The first-order chi connectivity index (χ1) is 16.2. The highest BCUT2D eigenvalue weighted by Gasteiger charge is 2.24. The van der Waals surface area contributed by atoms with Gasteiger partial charge in [-0.3, -0.25) is 9.59 Å². The number of amides is 2. The van der Waals surface area contributed by atoms with Gasteiger partial charge in [0.15, 0.2) is 0 Å². The van der Waals surface area contributed by atoms with Crippen molar-refractivity contribution in [1.82, 2.24) is 10.7 Å². The smallest absolute Gasteiger partial charge is 0.337 e. The number of hydrogen-bond acceptors (Lipinski definition) is 5. The van der Waals surface area contributed by atoms with Crippen LogP contribution in [0.5, 0.6) is 0 Å². The third kappa shape index (κ3) is 6.11. The van der Waals surface area contributed by atoms with Crippen LogP contribution >= 0.6 is 11.6 Å². The van der Waals surface area contributed by atoms with Gasteiger partial charge in [-0.15, -0.1) is 0 Å². The lowest BCUT2D eigenvalue weighted by atomic mass is 10.0. The molecular weight excluding hydrogens is 458 g/mol. The summed E-state index contributed by atoms with van der Waals surface area (Å²) in [6, 6.07) is 14.1. The molecule has 0 aliphatic carbocycles. The molecule has 0 radical (unpaired) electrons. The average molecular weight is 482 g/mol. The van der Waals surface area contributed by atoms with Crippen molar-refractivity contribution in [3.05, 3.63) is 82.1 Å². The lowest BCUT2D eigenvalue weighted by Crippen LogP contribution is -2.48. The highest BCUT2D eigenvalue weighted by atomic mass is 35.5. The number of aromatic carboxylic acids is 1. The van der Waals surface area contributed by atoms with E-state index in [1.807, 2.05) is 26.8 Å². The Kier molecular flexibility index (Phi) is 7.86. The minimum atomic E-state index is -1.14. The fourth-order valence-corrected chi connectivity index (χ4v) is 3.39. The minimum Gasteiger partial charge on any atom is -0.478 e. The number of furan rings is 1. The molecule has 3 N–H and O–H groups in total. The van der Waals surface area contributed by atoms with Gasteiger partial charge in [-0.2, -0.15) is 5.10 Å². The quantitative estimate of drug-likeness (QED) is 0.323. The molecule has 0 saturated carbocycles. The number of carbonyl (C=O) groups is 3. The molecule has 0 fully saturated rings. The normalized spacial score (nSPS) is 12.0. The van der Waals surface area contributed by atoms with Crippen LogP contribution < -0.4 is 10.7 Å². The van der Waals surface area contributed by atoms with Crippen molar-refractivity contribution >= 4 is 35.6 Å². The number of halogens is 1. The van der Waals surface area contributed by atoms with Crippen LogP contribution in [0.15, 0.2) is 64.1 Å². The van der Waals surface area contributed by atoms with E-state index in [4.69, 9.17) is 16.0 Å². The molecule has 0 saturated heterocycles. The number of carboxylic acids is 1. The predicted molar refractivity (Wildman–Crippen MR) is 129 cm³/mol. The summed E-state index contributed by atoms with van der Waals surface area (Å²) >= 11 is 5.90. The fourth-order valence-electron chi connectivity index (χ4n) is 3.19. The van der Waals surface area contributed by atoms with E-state index in [2.05, 4.69) is 15.8 Å². The lowest BCUT2D eigenvalue weighted by Gasteiger charge is -2.20. The number of aryl methyl sites for hydroxylation is 1. The van der Waals surface area contributed by atoms with Crippen molar-refractivity contribution in [3.8, 4) is 11.3 Å². The van der Waals surface area contributed by atoms with Crippen molar-refractivity contribution in [1.29, 1.82) is 0 Å². The Morgan fingerprint density at radius 2 is 1.85 bits per heavy atom. The second-order valence-corrected chi connectivity index (χ2v) is 8.41. The van der Waals surface area contributed by atoms with Gasteiger partial charge < -0.3 is 14.8 Å². The zero-order chi connectivity index (χ0) is 24.8. The first-order valence-corrected chi connectivity index (χ1v) is 10.9. The largest absolute Gasteiger partial charge is 0.478 e. The van der Waals surface area contributed by atoms with E-state index in [0.29, 0.717) is 22.6 Å². The van der Waals surface area contributed by atoms with Crippen molar-refractivity contribution in [3.63, 3.8) is 0 Å². The van der Waals surface area contributed by atoms with E-state index in [1.54, 1.807) is 36.4 Å². The Bertz CT molecular complexity index is 1250. The van der Waals surface area contributed by atoms with E-state index >= 15 is 0 Å². The summed E-state index contributed by atoms with van der Waals surface area (Å²) in [6.45, 7) is 5.53. The molecule has 2 aromatic carbocycles. The maximum absolute atomic E-state index is 12.6. The Balaban J connectivity index is 1.65. The van der Waals surface area contributed by atoms with Crippen LogP contribution in [0.25, 0.3) is 11.3 Å². The second kappa shape index (κ2) is 10.8. The van der Waals surface area contributed by atoms with Crippen LogP contribution in [-0.2, 0) is 4.79 Å². The molecule has 0 bridgehead atoms. The van der Waals surface area contributed by atoms with Crippen molar-refractivity contribution < 1.29 is 23.9 Å². The molecule has 8 nitrogen and oxygen atoms in total. The maximum Gasteiger partial charge on any atom is 0.337 e. The molecule has 1 aromatic heterocycles. The van der Waals surface area contributed by atoms with Crippen LogP contribution in [0.3, 0.4) is 0 Å². The summed E-state index contributed by atoms with van der Waals surface area (Å²) < 4.78 is 5.66. The van der Waals surface area contributed by atoms with Gasteiger partial charge in [0, 0.05) is 11.1 Å². The number of benzene rings is 2. The van der Waals surface area contributed by atoms with E-state index in [9.17, 15) is 19.5 Å². The molecule has 3 aromatic rings. The molecule has 2 amide bonds. The minimum absolute atomic E-state index is 0.0366. The second-order valence-electron chi connectivity index (χ2n) is 8.00. The average Bonchev–Trinajstić information content (AvgIpc) is 3.26. The van der Waals surface area contributed by atoms with Gasteiger partial charge in [-0.1, -0.05) is 43.1 Å². The molecule has 0 aliphatic heterocycles. The number of carboxylic acid groups (broad SMARTS) is 1. The topological polar surface area (TPSA) is 121 Å². The number of nitrogens with one attached hydrogen (secondary N) is 2. The summed E-state index contributed by atoms with van der Waals surface area (Å²) in [7, 11) is 0. The summed E-state index contributed by atoms with van der Waals surface area (Å²) in [5.41, 5.74) is 4.33. The number of carbonyl (C=O) groups excluding carboxylic acids is 2. The van der Waals surface area contributed by atoms with E-state index in [0.717, 1.165) is 5.56 Å². The van der Waals surface area contributed by atoms with E-state index < -0.39 is 17.9 Å². The summed E-state index contributed by atoms with van der Waals surface area (Å²) in [4.78, 5) is 36.5. The number of hydrogen-bond donors (Lipinski definition) is 3. The molecule has 0 spiro atoms. The third-order valence-corrected chi connectivity index (χ3v) is 5.32. The van der Waals surface area contributed by atoms with E-state index in [1.165, 1.54) is 18.3 Å². The van der Waals surface area contributed by atoms with Crippen molar-refractivity contribution in [2.24, 2.45) is 11.0 Å². The maximum atomic E-state index is 12.6. The molecule has 1 heterocycles. The number of rotatable bonds is 8. The van der Waals surface area contributed by atoms with Crippen LogP contribution in [0.4, 0.5) is 0 Å². The Labute approximate surface area is 201 Å². The summed E-state index contributed by atoms with van der Waals surface area (Å²) in [5, 5.41) is 16.0. The molecule has 0 unspecified atom stereocenters. The third-order valence-electron chi connectivity index (χ3n) is 4.99. The van der Waals surface area contributed by atoms with Gasteiger partial charge in [0.2, 0.25) is 0 Å². The van der Waals surface area contributed by atoms with Gasteiger partial charge in [-0.25, -0.2) is 10.2 Å². The molecular formula is C25H24ClN3O5. The lowest BCUT2D eigenvalue weighted by molar-refractivity contribution is -0.123. The van der Waals surface area contributed by atoms with Gasteiger partial charge >= 0.3 is 5.97 Å². The summed E-state index contributed by atoms with van der Waals surface area (Å²) in [6.07, 6.45) is 1.31. The zero-order valence-corrected chi connectivity index (χ0v) is 19.6. The highest BCUT2D eigenvalue weighted by Crippen LogP contribution is 2.26. The van der Waals surface area contributed by atoms with Crippen molar-refractivity contribution in [2.75, 3.05) is 0 Å². The zero-order valence-electron chi connectivity index (χ0n) is 18.8. The van der Waals surface area contributed by atoms with Crippen LogP contribution in [0.1, 0.15) is 45.9 Å². The highest BCUT2D eigenvalue weighted by molar-refractivity contribution is 6.33. The van der Waals surface area contributed by atoms with Crippen molar-refractivity contribution in [2.45, 2.75) is 26.8 Å². The fraction of sp³-hybridized carbons (Fsp3) is 0.200.